The van der Waals surface area contributed by atoms with Crippen LogP contribution < -0.4 is 10.1 Å². The maximum atomic E-state index is 13.9. The number of rotatable bonds is 5. The number of ether oxygens (including phenoxy) is 1. The molecule has 0 bridgehead atoms. The second-order valence-electron chi connectivity index (χ2n) is 5.60. The highest BCUT2D eigenvalue weighted by Crippen LogP contribution is 2.35. The highest BCUT2D eigenvalue weighted by atomic mass is 35.5. The minimum Gasteiger partial charge on any atom is -0.476 e. The summed E-state index contributed by atoms with van der Waals surface area (Å²) in [5, 5.41) is 11.6. The number of pyridine rings is 1. The smallest absolute Gasteiger partial charge is 0.356 e. The average molecular weight is 439 g/mol. The summed E-state index contributed by atoms with van der Waals surface area (Å²) in [4.78, 5) is 27.7. The van der Waals surface area contributed by atoms with Crippen molar-refractivity contribution in [3.05, 3.63) is 81.6 Å². The van der Waals surface area contributed by atoms with Crippen LogP contribution in [-0.2, 0) is 0 Å². The van der Waals surface area contributed by atoms with Crippen LogP contribution in [0.5, 0.6) is 11.5 Å². The molecule has 0 spiro atoms. The molecule has 0 atom stereocenters. The Morgan fingerprint density at radius 3 is 2.45 bits per heavy atom. The molecule has 0 radical (unpaired) electrons. The summed E-state index contributed by atoms with van der Waals surface area (Å²) >= 11 is 11.9. The number of nitrogens with zero attached hydrogens (tertiary/aromatic N) is 1. The molecule has 2 aromatic carbocycles. The van der Waals surface area contributed by atoms with Gasteiger partial charge < -0.3 is 15.2 Å². The third-order valence-corrected chi connectivity index (χ3v) is 4.36. The fourth-order valence-electron chi connectivity index (χ4n) is 2.33. The summed E-state index contributed by atoms with van der Waals surface area (Å²) < 4.78 is 32.4. The number of carbonyl (C=O) groups is 2. The average Bonchev–Trinajstić information content (AvgIpc) is 2.66. The predicted octanol–water partition coefficient (Wildman–Crippen LogP) is 5.41. The number of carboxylic acid groups (broad SMARTS) is 1. The van der Waals surface area contributed by atoms with Gasteiger partial charge in [-0.3, -0.25) is 4.79 Å². The first-order chi connectivity index (χ1) is 13.8. The molecule has 148 valence electrons. The normalized spacial score (nSPS) is 10.5. The third kappa shape index (κ3) is 4.61. The minimum absolute atomic E-state index is 0.00777. The highest BCUT2D eigenvalue weighted by molar-refractivity contribution is 6.42. The largest absolute Gasteiger partial charge is 0.476 e. The van der Waals surface area contributed by atoms with Crippen LogP contribution in [0.3, 0.4) is 0 Å². The first kappa shape index (κ1) is 20.5. The Kier molecular flexibility index (Phi) is 5.95. The monoisotopic (exact) mass is 438 g/mol. The molecule has 0 saturated heterocycles. The van der Waals surface area contributed by atoms with Gasteiger partial charge in [-0.2, -0.15) is 0 Å². The topological polar surface area (TPSA) is 88.5 Å². The zero-order valence-corrected chi connectivity index (χ0v) is 15.8. The summed E-state index contributed by atoms with van der Waals surface area (Å²) in [6.45, 7) is 0. The Hall–Kier alpha value is -3.23. The van der Waals surface area contributed by atoms with Gasteiger partial charge in [0.15, 0.2) is 17.3 Å². The van der Waals surface area contributed by atoms with E-state index in [2.05, 4.69) is 10.3 Å². The summed E-state index contributed by atoms with van der Waals surface area (Å²) in [5.41, 5.74) is -0.619. The minimum atomic E-state index is -1.35. The number of amides is 1. The van der Waals surface area contributed by atoms with Crippen molar-refractivity contribution >= 4 is 40.8 Å². The van der Waals surface area contributed by atoms with Crippen LogP contribution >= 0.6 is 23.2 Å². The maximum Gasteiger partial charge on any atom is 0.356 e. The molecule has 0 fully saturated rings. The second kappa shape index (κ2) is 8.42. The third-order valence-electron chi connectivity index (χ3n) is 3.64. The number of benzene rings is 2. The van der Waals surface area contributed by atoms with E-state index in [1.54, 1.807) is 0 Å². The van der Waals surface area contributed by atoms with Crippen molar-refractivity contribution < 1.29 is 28.2 Å². The number of hydrogen-bond acceptors (Lipinski definition) is 4. The Morgan fingerprint density at radius 1 is 1.03 bits per heavy atom. The molecule has 10 heteroatoms. The van der Waals surface area contributed by atoms with E-state index in [0.717, 1.165) is 12.1 Å². The van der Waals surface area contributed by atoms with E-state index >= 15 is 0 Å². The van der Waals surface area contributed by atoms with Gasteiger partial charge in [0.05, 0.1) is 21.3 Å². The fourth-order valence-corrected chi connectivity index (χ4v) is 2.65. The standard InChI is InChI=1S/C19H10Cl2F2N2O4/c20-11-7-10(18(26)25-14-2-1-5-24-17(14)19(27)28)16(8-12(11)21)29-15-4-3-9(22)6-13(15)23/h1-8H,(H,25,26)(H,27,28). The molecule has 1 heterocycles. The van der Waals surface area contributed by atoms with Gasteiger partial charge in [-0.15, -0.1) is 0 Å². The van der Waals surface area contributed by atoms with Crippen molar-refractivity contribution in [1.29, 1.82) is 0 Å². The van der Waals surface area contributed by atoms with Gasteiger partial charge in [0.2, 0.25) is 0 Å². The van der Waals surface area contributed by atoms with Crippen LogP contribution in [0.2, 0.25) is 10.0 Å². The Labute approximate surface area is 172 Å². The molecule has 0 saturated carbocycles. The van der Waals surface area contributed by atoms with Gasteiger partial charge in [-0.1, -0.05) is 23.2 Å². The summed E-state index contributed by atoms with van der Waals surface area (Å²) in [7, 11) is 0. The SMILES string of the molecule is O=C(Nc1cccnc1C(=O)O)c1cc(Cl)c(Cl)cc1Oc1ccc(F)cc1F. The van der Waals surface area contributed by atoms with Gasteiger partial charge in [-0.05, 0) is 30.3 Å². The summed E-state index contributed by atoms with van der Waals surface area (Å²) in [5.74, 6) is -4.49. The van der Waals surface area contributed by atoms with Crippen LogP contribution in [0.1, 0.15) is 20.8 Å². The van der Waals surface area contributed by atoms with Crippen LogP contribution in [-0.4, -0.2) is 22.0 Å². The molecule has 29 heavy (non-hydrogen) atoms. The van der Waals surface area contributed by atoms with E-state index < -0.39 is 23.5 Å². The number of hydrogen-bond donors (Lipinski definition) is 2. The molecule has 0 aliphatic rings. The Balaban J connectivity index is 1.99. The molecular weight excluding hydrogens is 429 g/mol. The maximum absolute atomic E-state index is 13.9. The van der Waals surface area contributed by atoms with Crippen LogP contribution in [0.25, 0.3) is 0 Å². The highest BCUT2D eigenvalue weighted by Gasteiger charge is 2.20. The van der Waals surface area contributed by atoms with Gasteiger partial charge in [-0.25, -0.2) is 18.6 Å². The number of halogens is 4. The van der Waals surface area contributed by atoms with Crippen molar-refractivity contribution in [1.82, 2.24) is 4.98 Å². The van der Waals surface area contributed by atoms with Crippen molar-refractivity contribution in [2.24, 2.45) is 0 Å². The predicted molar refractivity (Wildman–Crippen MR) is 102 cm³/mol. The van der Waals surface area contributed by atoms with E-state index in [0.29, 0.717) is 6.07 Å². The van der Waals surface area contributed by atoms with E-state index in [9.17, 15) is 23.5 Å². The zero-order valence-electron chi connectivity index (χ0n) is 14.2. The first-order valence-electron chi connectivity index (χ1n) is 7.88. The molecule has 0 aliphatic carbocycles. The Morgan fingerprint density at radius 2 is 1.76 bits per heavy atom. The molecule has 0 unspecified atom stereocenters. The number of nitrogens with one attached hydrogen (secondary N) is 1. The molecule has 2 N–H and O–H groups in total. The van der Waals surface area contributed by atoms with Crippen LogP contribution in [0, 0.1) is 11.6 Å². The van der Waals surface area contributed by atoms with Crippen molar-refractivity contribution in [3.8, 4) is 11.5 Å². The summed E-state index contributed by atoms with van der Waals surface area (Å²) in [6, 6.07) is 7.76. The van der Waals surface area contributed by atoms with Crippen molar-refractivity contribution in [2.45, 2.75) is 0 Å². The van der Waals surface area contributed by atoms with E-state index in [-0.39, 0.29) is 38.5 Å². The van der Waals surface area contributed by atoms with Crippen molar-refractivity contribution in [2.75, 3.05) is 5.32 Å². The van der Waals surface area contributed by atoms with Gasteiger partial charge >= 0.3 is 5.97 Å². The molecule has 1 aromatic heterocycles. The quantitative estimate of drug-likeness (QED) is 0.555. The number of anilines is 1. The lowest BCUT2D eigenvalue weighted by molar-refractivity contribution is 0.0691. The number of aromatic carboxylic acids is 1. The van der Waals surface area contributed by atoms with Gasteiger partial charge in [0, 0.05) is 18.3 Å². The second-order valence-corrected chi connectivity index (χ2v) is 6.41. The lowest BCUT2D eigenvalue weighted by Crippen LogP contribution is -2.16. The van der Waals surface area contributed by atoms with E-state index in [4.69, 9.17) is 27.9 Å². The number of aromatic nitrogens is 1. The lowest BCUT2D eigenvalue weighted by atomic mass is 10.1. The Bertz CT molecular complexity index is 1130. The van der Waals surface area contributed by atoms with Crippen molar-refractivity contribution in [3.63, 3.8) is 0 Å². The molecule has 3 rings (SSSR count). The molecular formula is C19H10Cl2F2N2O4. The van der Waals surface area contributed by atoms with E-state index in [1.165, 1.54) is 30.5 Å². The lowest BCUT2D eigenvalue weighted by Gasteiger charge is -2.14. The fraction of sp³-hybridized carbons (Fsp3) is 0. The molecule has 1 amide bonds. The number of carboxylic acids is 1. The first-order valence-corrected chi connectivity index (χ1v) is 8.63. The van der Waals surface area contributed by atoms with Gasteiger partial charge in [0.25, 0.3) is 5.91 Å². The molecule has 3 aromatic rings. The number of carbonyl (C=O) groups excluding carboxylic acids is 1. The van der Waals surface area contributed by atoms with E-state index in [1.807, 2.05) is 0 Å². The summed E-state index contributed by atoms with van der Waals surface area (Å²) in [6.07, 6.45) is 1.25. The molecule has 6 nitrogen and oxygen atoms in total. The van der Waals surface area contributed by atoms with Crippen LogP contribution in [0.4, 0.5) is 14.5 Å². The van der Waals surface area contributed by atoms with Crippen LogP contribution in [0.15, 0.2) is 48.7 Å². The molecule has 0 aliphatic heterocycles. The zero-order chi connectivity index (χ0) is 21.1. The van der Waals surface area contributed by atoms with Gasteiger partial charge in [0.1, 0.15) is 11.6 Å².